The van der Waals surface area contributed by atoms with Crippen LogP contribution in [0.4, 0.5) is 5.95 Å². The van der Waals surface area contributed by atoms with E-state index in [0.29, 0.717) is 0 Å². The molecule has 1 unspecified atom stereocenters. The van der Waals surface area contributed by atoms with Crippen molar-refractivity contribution in [3.63, 3.8) is 0 Å². The molecule has 142 valence electrons. The van der Waals surface area contributed by atoms with E-state index in [1.807, 2.05) is 19.3 Å². The van der Waals surface area contributed by atoms with E-state index < -0.39 is 0 Å². The van der Waals surface area contributed by atoms with Gasteiger partial charge in [-0.15, -0.1) is 0 Å². The highest BCUT2D eigenvalue weighted by molar-refractivity contribution is 5.34. The van der Waals surface area contributed by atoms with E-state index >= 15 is 0 Å². The van der Waals surface area contributed by atoms with Crippen molar-refractivity contribution < 1.29 is 0 Å². The van der Waals surface area contributed by atoms with Gasteiger partial charge in [0.1, 0.15) is 5.82 Å². The minimum atomic E-state index is 0.201. The summed E-state index contributed by atoms with van der Waals surface area (Å²) in [5, 5.41) is 3.57. The highest BCUT2D eigenvalue weighted by Crippen LogP contribution is 2.20. The zero-order valence-corrected chi connectivity index (χ0v) is 16.6. The molecule has 1 aliphatic rings. The third-order valence-corrected chi connectivity index (χ3v) is 5.52. The predicted molar refractivity (Wildman–Crippen MR) is 105 cm³/mol. The molecule has 1 atom stereocenters. The second-order valence-electron chi connectivity index (χ2n) is 7.42. The van der Waals surface area contributed by atoms with Gasteiger partial charge in [0.05, 0.1) is 5.69 Å². The van der Waals surface area contributed by atoms with E-state index in [2.05, 4.69) is 40.7 Å². The van der Waals surface area contributed by atoms with Crippen molar-refractivity contribution in [3.8, 4) is 0 Å². The molecule has 1 aliphatic heterocycles. The van der Waals surface area contributed by atoms with Crippen LogP contribution in [0.3, 0.4) is 0 Å². The zero-order valence-electron chi connectivity index (χ0n) is 16.6. The summed E-state index contributed by atoms with van der Waals surface area (Å²) < 4.78 is 2.12. The number of aryl methyl sites for hydroxylation is 2. The Bertz CT molecular complexity index is 715. The summed E-state index contributed by atoms with van der Waals surface area (Å²) in [5.74, 6) is 1.93. The Morgan fingerprint density at radius 3 is 2.35 bits per heavy atom. The first kappa shape index (κ1) is 18.8. The first-order valence-electron chi connectivity index (χ1n) is 9.85. The van der Waals surface area contributed by atoms with E-state index in [-0.39, 0.29) is 6.04 Å². The topological polar surface area (TPSA) is 58.9 Å². The summed E-state index contributed by atoms with van der Waals surface area (Å²) >= 11 is 0. The fourth-order valence-electron chi connectivity index (χ4n) is 3.57. The summed E-state index contributed by atoms with van der Waals surface area (Å²) in [7, 11) is 2.05. The van der Waals surface area contributed by atoms with Gasteiger partial charge < -0.3 is 14.8 Å². The van der Waals surface area contributed by atoms with Crippen LogP contribution < -0.4 is 10.2 Å². The van der Waals surface area contributed by atoms with Crippen molar-refractivity contribution in [2.24, 2.45) is 7.05 Å². The summed E-state index contributed by atoms with van der Waals surface area (Å²) in [5.41, 5.74) is 3.42. The van der Waals surface area contributed by atoms with Crippen LogP contribution in [-0.4, -0.2) is 32.6 Å². The van der Waals surface area contributed by atoms with Crippen molar-refractivity contribution in [2.75, 3.05) is 18.0 Å². The lowest BCUT2D eigenvalue weighted by molar-refractivity contribution is 0.542. The van der Waals surface area contributed by atoms with Crippen LogP contribution in [0.5, 0.6) is 0 Å². The highest BCUT2D eigenvalue weighted by Gasteiger charge is 2.16. The molecule has 1 saturated heterocycles. The first-order valence-corrected chi connectivity index (χ1v) is 9.85. The molecule has 2 aromatic heterocycles. The Morgan fingerprint density at radius 1 is 1.04 bits per heavy atom. The summed E-state index contributed by atoms with van der Waals surface area (Å²) in [6.07, 6.45) is 10.4. The second kappa shape index (κ2) is 8.62. The lowest BCUT2D eigenvalue weighted by atomic mass is 10.1. The van der Waals surface area contributed by atoms with Crippen molar-refractivity contribution in [2.45, 2.75) is 65.5 Å². The molecule has 2 aromatic rings. The molecule has 0 aliphatic carbocycles. The lowest BCUT2D eigenvalue weighted by Gasteiger charge is -2.25. The number of anilines is 1. The number of imidazole rings is 1. The molecule has 6 nitrogen and oxygen atoms in total. The Hall–Kier alpha value is -1.95. The molecule has 1 fully saturated rings. The molecule has 1 N–H and O–H groups in total. The van der Waals surface area contributed by atoms with Gasteiger partial charge in [0.25, 0.3) is 0 Å². The Labute approximate surface area is 157 Å². The van der Waals surface area contributed by atoms with Gasteiger partial charge in [0, 0.05) is 56.4 Å². The van der Waals surface area contributed by atoms with Crippen molar-refractivity contribution in [1.29, 1.82) is 0 Å². The average Bonchev–Trinajstić information content (AvgIpc) is 2.91. The van der Waals surface area contributed by atoms with Crippen LogP contribution in [0, 0.1) is 13.8 Å². The third kappa shape index (κ3) is 4.41. The summed E-state index contributed by atoms with van der Waals surface area (Å²) in [6.45, 7) is 9.22. The Balaban J connectivity index is 1.65. The molecule has 6 heteroatoms. The van der Waals surface area contributed by atoms with Crippen LogP contribution in [0.2, 0.25) is 0 Å². The largest absolute Gasteiger partial charge is 0.341 e. The number of hydrogen-bond acceptors (Lipinski definition) is 5. The van der Waals surface area contributed by atoms with Gasteiger partial charge in [0.2, 0.25) is 5.95 Å². The van der Waals surface area contributed by atoms with E-state index in [0.717, 1.165) is 37.1 Å². The molecule has 26 heavy (non-hydrogen) atoms. The van der Waals surface area contributed by atoms with Crippen molar-refractivity contribution >= 4 is 5.95 Å². The number of aromatic nitrogens is 4. The number of hydrogen-bond donors (Lipinski definition) is 1. The van der Waals surface area contributed by atoms with Gasteiger partial charge in [-0.3, -0.25) is 0 Å². The zero-order chi connectivity index (χ0) is 18.5. The van der Waals surface area contributed by atoms with Crippen molar-refractivity contribution in [3.05, 3.63) is 35.2 Å². The second-order valence-corrected chi connectivity index (χ2v) is 7.42. The molecule has 0 aromatic carbocycles. The Kier molecular flexibility index (Phi) is 6.25. The van der Waals surface area contributed by atoms with Gasteiger partial charge >= 0.3 is 0 Å². The standard InChI is InChI=1S/C20H32N6/c1-15(21-12-18-13-22-17(3)25(18)4)19-14-23-20(24-16(19)2)26-10-8-6-5-7-9-11-26/h13-15,21H,5-12H2,1-4H3. The molecule has 3 rings (SSSR count). The molecule has 0 spiro atoms. The molecule has 0 radical (unpaired) electrons. The normalized spacial score (nSPS) is 17.0. The molecule has 0 amide bonds. The monoisotopic (exact) mass is 356 g/mol. The van der Waals surface area contributed by atoms with Crippen LogP contribution in [0.25, 0.3) is 0 Å². The smallest absolute Gasteiger partial charge is 0.225 e. The van der Waals surface area contributed by atoms with E-state index in [9.17, 15) is 0 Å². The quantitative estimate of drug-likeness (QED) is 0.889. The van der Waals surface area contributed by atoms with Gasteiger partial charge in [-0.25, -0.2) is 15.0 Å². The molecular weight excluding hydrogens is 324 g/mol. The molecule has 3 heterocycles. The lowest BCUT2D eigenvalue weighted by Crippen LogP contribution is -2.29. The van der Waals surface area contributed by atoms with E-state index in [4.69, 9.17) is 9.97 Å². The van der Waals surface area contributed by atoms with Crippen LogP contribution in [-0.2, 0) is 13.6 Å². The maximum atomic E-state index is 4.82. The third-order valence-electron chi connectivity index (χ3n) is 5.52. The minimum Gasteiger partial charge on any atom is -0.341 e. The van der Waals surface area contributed by atoms with Gasteiger partial charge in [-0.1, -0.05) is 19.3 Å². The van der Waals surface area contributed by atoms with Gasteiger partial charge in [-0.2, -0.15) is 0 Å². The van der Waals surface area contributed by atoms with Crippen LogP contribution in [0.15, 0.2) is 12.4 Å². The number of nitrogens with one attached hydrogen (secondary N) is 1. The first-order chi connectivity index (χ1) is 12.6. The van der Waals surface area contributed by atoms with Crippen molar-refractivity contribution in [1.82, 2.24) is 24.8 Å². The number of rotatable bonds is 5. The predicted octanol–water partition coefficient (Wildman–Crippen LogP) is 3.45. The minimum absolute atomic E-state index is 0.201. The van der Waals surface area contributed by atoms with Crippen LogP contribution in [0.1, 0.15) is 67.8 Å². The summed E-state index contributed by atoms with van der Waals surface area (Å²) in [4.78, 5) is 16.2. The SMILES string of the molecule is Cc1nc(N2CCCCCCC2)ncc1C(C)NCc1cnc(C)n1C. The van der Waals surface area contributed by atoms with Crippen LogP contribution >= 0.6 is 0 Å². The van der Waals surface area contributed by atoms with E-state index in [1.54, 1.807) is 0 Å². The fourth-order valence-corrected chi connectivity index (χ4v) is 3.57. The highest BCUT2D eigenvalue weighted by atomic mass is 15.2. The Morgan fingerprint density at radius 2 is 1.73 bits per heavy atom. The number of nitrogens with zero attached hydrogens (tertiary/aromatic N) is 5. The maximum absolute atomic E-state index is 4.82. The van der Waals surface area contributed by atoms with Gasteiger partial charge in [-0.05, 0) is 33.6 Å². The summed E-state index contributed by atoms with van der Waals surface area (Å²) in [6, 6.07) is 0.201. The maximum Gasteiger partial charge on any atom is 0.225 e. The molecule has 0 saturated carbocycles. The van der Waals surface area contributed by atoms with E-state index in [1.165, 1.54) is 43.4 Å². The molecular formula is C20H32N6. The fraction of sp³-hybridized carbons (Fsp3) is 0.650. The van der Waals surface area contributed by atoms with Gasteiger partial charge in [0.15, 0.2) is 0 Å². The molecule has 0 bridgehead atoms. The average molecular weight is 357 g/mol.